The molecule has 4 heteroatoms. The summed E-state index contributed by atoms with van der Waals surface area (Å²) >= 11 is 0. The van der Waals surface area contributed by atoms with Crippen LogP contribution >= 0.6 is 0 Å². The highest BCUT2D eigenvalue weighted by Crippen LogP contribution is 2.05. The van der Waals surface area contributed by atoms with Crippen molar-refractivity contribution in [3.8, 4) is 6.07 Å². The van der Waals surface area contributed by atoms with Crippen LogP contribution in [-0.2, 0) is 13.1 Å². The van der Waals surface area contributed by atoms with Crippen LogP contribution in [0.15, 0.2) is 48.5 Å². The van der Waals surface area contributed by atoms with Gasteiger partial charge in [-0.1, -0.05) is 24.3 Å². The van der Waals surface area contributed by atoms with E-state index in [4.69, 9.17) is 5.26 Å². The van der Waals surface area contributed by atoms with Crippen LogP contribution in [0.4, 0.5) is 0 Å². The Labute approximate surface area is 131 Å². The normalized spacial score (nSPS) is 11.5. The molecule has 0 saturated carbocycles. The molecule has 0 saturated heterocycles. The van der Waals surface area contributed by atoms with Gasteiger partial charge in [0.15, 0.2) is 0 Å². The molecule has 0 aliphatic heterocycles. The van der Waals surface area contributed by atoms with Crippen molar-refractivity contribution in [2.45, 2.75) is 13.1 Å². The Balaban J connectivity index is 1.98. The van der Waals surface area contributed by atoms with Gasteiger partial charge in [-0.2, -0.15) is 5.26 Å². The van der Waals surface area contributed by atoms with Crippen LogP contribution in [0.3, 0.4) is 0 Å². The highest BCUT2D eigenvalue weighted by Gasteiger charge is 2.07. The molecule has 0 aliphatic carbocycles. The lowest BCUT2D eigenvalue weighted by atomic mass is 10.1. The van der Waals surface area contributed by atoms with Crippen molar-refractivity contribution in [3.05, 3.63) is 70.8 Å². The molecule has 0 fully saturated rings. The Kier molecular flexibility index (Phi) is 5.29. The molecule has 2 rings (SSSR count). The first kappa shape index (κ1) is 15.7. The molecule has 0 radical (unpaired) electrons. The number of nitriles is 1. The molecule has 2 aromatic carbocycles. The van der Waals surface area contributed by atoms with E-state index in [-0.39, 0.29) is 5.91 Å². The summed E-state index contributed by atoms with van der Waals surface area (Å²) in [7, 11) is 3.75. The predicted octanol–water partition coefficient (Wildman–Crippen LogP) is 1.13. The van der Waals surface area contributed by atoms with Crippen molar-refractivity contribution in [1.82, 2.24) is 5.32 Å². The summed E-state index contributed by atoms with van der Waals surface area (Å²) in [5.41, 5.74) is 3.70. The lowest BCUT2D eigenvalue weighted by Gasteiger charge is -2.14. The second-order valence-electron chi connectivity index (χ2n) is 5.40. The zero-order valence-electron chi connectivity index (χ0n) is 12.9. The first-order valence-electron chi connectivity index (χ1n) is 7.23. The third-order valence-corrected chi connectivity index (χ3v) is 3.51. The van der Waals surface area contributed by atoms with Gasteiger partial charge in [-0.05, 0) is 24.3 Å². The Bertz CT molecular complexity index is 686. The molecular weight excluding hydrogens is 274 g/mol. The molecular formula is C18H20N3O+. The van der Waals surface area contributed by atoms with E-state index >= 15 is 0 Å². The fourth-order valence-corrected chi connectivity index (χ4v) is 2.43. The Morgan fingerprint density at radius 1 is 1.14 bits per heavy atom. The number of hydrogen-bond donors (Lipinski definition) is 2. The van der Waals surface area contributed by atoms with Gasteiger partial charge >= 0.3 is 0 Å². The summed E-state index contributed by atoms with van der Waals surface area (Å²) in [6.07, 6.45) is 0. The first-order chi connectivity index (χ1) is 10.6. The number of nitrogens with one attached hydrogen (secondary N) is 2. The highest BCUT2D eigenvalue weighted by atomic mass is 16.1. The maximum absolute atomic E-state index is 11.5. The van der Waals surface area contributed by atoms with Crippen molar-refractivity contribution in [2.75, 3.05) is 14.1 Å². The number of rotatable bonds is 5. The van der Waals surface area contributed by atoms with Crippen LogP contribution in [0.2, 0.25) is 0 Å². The summed E-state index contributed by atoms with van der Waals surface area (Å²) in [6, 6.07) is 17.5. The predicted molar refractivity (Wildman–Crippen MR) is 85.3 cm³/mol. The standard InChI is InChI=1S/C18H19N3O/c1-20-18(22)17-8-6-14(7-9-17)12-21(2)13-16-5-3-4-15(10-16)11-19/h3-10H,12-13H2,1-2H3,(H,20,22)/p+1. The molecule has 22 heavy (non-hydrogen) atoms. The first-order valence-corrected chi connectivity index (χ1v) is 7.23. The van der Waals surface area contributed by atoms with Gasteiger partial charge in [-0.15, -0.1) is 0 Å². The van der Waals surface area contributed by atoms with Crippen molar-refractivity contribution >= 4 is 5.91 Å². The number of benzene rings is 2. The van der Waals surface area contributed by atoms with Gasteiger partial charge in [0.05, 0.1) is 18.7 Å². The van der Waals surface area contributed by atoms with E-state index in [1.165, 1.54) is 10.5 Å². The second-order valence-corrected chi connectivity index (χ2v) is 5.40. The SMILES string of the molecule is CNC(=O)c1ccc(C[NH+](C)Cc2cccc(C#N)c2)cc1. The van der Waals surface area contributed by atoms with Crippen LogP contribution in [-0.4, -0.2) is 20.0 Å². The summed E-state index contributed by atoms with van der Waals surface area (Å²) in [5, 5.41) is 11.5. The van der Waals surface area contributed by atoms with Crippen molar-refractivity contribution < 1.29 is 9.69 Å². The van der Waals surface area contributed by atoms with Gasteiger partial charge in [0.25, 0.3) is 5.91 Å². The van der Waals surface area contributed by atoms with Crippen LogP contribution in [0.1, 0.15) is 27.0 Å². The summed E-state index contributed by atoms with van der Waals surface area (Å²) in [6.45, 7) is 1.72. The van der Waals surface area contributed by atoms with Crippen LogP contribution in [0.25, 0.3) is 0 Å². The maximum atomic E-state index is 11.5. The van der Waals surface area contributed by atoms with Gasteiger partial charge in [-0.3, -0.25) is 4.79 Å². The zero-order chi connectivity index (χ0) is 15.9. The zero-order valence-corrected chi connectivity index (χ0v) is 12.9. The average molecular weight is 294 g/mol. The van der Waals surface area contributed by atoms with Gasteiger partial charge < -0.3 is 10.2 Å². The Morgan fingerprint density at radius 3 is 2.45 bits per heavy atom. The molecule has 1 unspecified atom stereocenters. The molecule has 0 bridgehead atoms. The second kappa shape index (κ2) is 7.39. The van der Waals surface area contributed by atoms with E-state index < -0.39 is 0 Å². The van der Waals surface area contributed by atoms with E-state index in [9.17, 15) is 4.79 Å². The number of hydrogen-bond acceptors (Lipinski definition) is 2. The molecule has 2 N–H and O–H groups in total. The van der Waals surface area contributed by atoms with Crippen LogP contribution in [0.5, 0.6) is 0 Å². The minimum absolute atomic E-state index is 0.0689. The highest BCUT2D eigenvalue weighted by molar-refractivity contribution is 5.93. The van der Waals surface area contributed by atoms with E-state index in [1.54, 1.807) is 7.05 Å². The molecule has 1 atom stereocenters. The van der Waals surface area contributed by atoms with Gasteiger partial charge in [0.1, 0.15) is 13.1 Å². The van der Waals surface area contributed by atoms with E-state index in [1.807, 2.05) is 48.5 Å². The molecule has 2 aromatic rings. The third kappa shape index (κ3) is 4.18. The van der Waals surface area contributed by atoms with Crippen molar-refractivity contribution in [1.29, 1.82) is 5.26 Å². The van der Waals surface area contributed by atoms with E-state index in [2.05, 4.69) is 18.4 Å². The molecule has 0 aromatic heterocycles. The number of quaternary nitrogens is 1. The largest absolute Gasteiger partial charge is 0.355 e. The van der Waals surface area contributed by atoms with Gasteiger partial charge in [0, 0.05) is 23.7 Å². The average Bonchev–Trinajstić information content (AvgIpc) is 2.55. The molecule has 112 valence electrons. The number of carbonyl (C=O) groups is 1. The van der Waals surface area contributed by atoms with Crippen LogP contribution in [0, 0.1) is 11.3 Å². The summed E-state index contributed by atoms with van der Waals surface area (Å²) in [4.78, 5) is 12.8. The quantitative estimate of drug-likeness (QED) is 0.868. The Morgan fingerprint density at radius 2 is 1.82 bits per heavy atom. The number of nitrogens with zero attached hydrogens (tertiary/aromatic N) is 1. The fraction of sp³-hybridized carbons (Fsp3) is 0.222. The molecule has 4 nitrogen and oxygen atoms in total. The smallest absolute Gasteiger partial charge is 0.251 e. The maximum Gasteiger partial charge on any atom is 0.251 e. The summed E-state index contributed by atoms with van der Waals surface area (Å²) < 4.78 is 0. The van der Waals surface area contributed by atoms with Crippen molar-refractivity contribution in [2.24, 2.45) is 0 Å². The van der Waals surface area contributed by atoms with Crippen molar-refractivity contribution in [3.63, 3.8) is 0 Å². The minimum atomic E-state index is -0.0689. The topological polar surface area (TPSA) is 57.3 Å². The minimum Gasteiger partial charge on any atom is -0.355 e. The monoisotopic (exact) mass is 294 g/mol. The van der Waals surface area contributed by atoms with Gasteiger partial charge in [-0.25, -0.2) is 0 Å². The molecule has 0 heterocycles. The molecule has 1 amide bonds. The number of carbonyl (C=O) groups excluding carboxylic acids is 1. The molecule has 0 aliphatic rings. The lowest BCUT2D eigenvalue weighted by Crippen LogP contribution is -3.06. The lowest BCUT2D eigenvalue weighted by molar-refractivity contribution is -0.907. The molecule has 0 spiro atoms. The van der Waals surface area contributed by atoms with Gasteiger partial charge in [0.2, 0.25) is 0 Å². The van der Waals surface area contributed by atoms with E-state index in [0.29, 0.717) is 11.1 Å². The fourth-order valence-electron chi connectivity index (χ4n) is 2.43. The third-order valence-electron chi connectivity index (χ3n) is 3.51. The number of amides is 1. The van der Waals surface area contributed by atoms with E-state index in [0.717, 1.165) is 18.7 Å². The van der Waals surface area contributed by atoms with Crippen LogP contribution < -0.4 is 10.2 Å². The Hall–Kier alpha value is -2.64. The summed E-state index contributed by atoms with van der Waals surface area (Å²) in [5.74, 6) is -0.0689.